The topological polar surface area (TPSA) is 26.3 Å². The highest BCUT2D eigenvalue weighted by molar-refractivity contribution is 5.96. The van der Waals surface area contributed by atoms with Crippen LogP contribution in [0, 0.1) is 0 Å². The summed E-state index contributed by atoms with van der Waals surface area (Å²) in [6.07, 6.45) is 0.895. The lowest BCUT2D eigenvalue weighted by Gasteiger charge is -2.12. The number of rotatable bonds is 2. The lowest BCUT2D eigenvalue weighted by atomic mass is 9.93. The number of benzene rings is 4. The lowest BCUT2D eigenvalue weighted by Crippen LogP contribution is -1.91. The zero-order valence-electron chi connectivity index (χ0n) is 16.8. The van der Waals surface area contributed by atoms with Crippen LogP contribution in [-0.4, -0.2) is 0 Å². The van der Waals surface area contributed by atoms with E-state index in [0.717, 1.165) is 51.0 Å². The summed E-state index contributed by atoms with van der Waals surface area (Å²) in [6, 6.07) is 33.7. The van der Waals surface area contributed by atoms with Crippen molar-refractivity contribution in [3.63, 3.8) is 0 Å². The number of para-hydroxylation sites is 2. The van der Waals surface area contributed by atoms with E-state index in [1.165, 1.54) is 22.3 Å². The number of hydrogen-bond acceptors (Lipinski definition) is 2. The molecule has 0 N–H and O–H groups in total. The fraction of sp³-hybridized carbons (Fsp3) is 0.0345. The first-order valence-corrected chi connectivity index (χ1v) is 10.6. The summed E-state index contributed by atoms with van der Waals surface area (Å²) < 4.78 is 12.7. The van der Waals surface area contributed by atoms with Crippen molar-refractivity contribution in [1.82, 2.24) is 0 Å². The van der Waals surface area contributed by atoms with Crippen molar-refractivity contribution in [2.75, 3.05) is 0 Å². The smallest absolute Gasteiger partial charge is 0.136 e. The summed E-state index contributed by atoms with van der Waals surface area (Å²) in [5, 5.41) is 2.22. The van der Waals surface area contributed by atoms with Crippen molar-refractivity contribution in [2.45, 2.75) is 6.42 Å². The molecule has 1 aliphatic carbocycles. The molecule has 0 amide bonds. The summed E-state index contributed by atoms with van der Waals surface area (Å²) in [6.45, 7) is 0. The molecule has 0 fully saturated rings. The molecule has 0 radical (unpaired) electrons. The third-order valence-corrected chi connectivity index (χ3v) is 6.35. The molecule has 2 heteroatoms. The van der Waals surface area contributed by atoms with Gasteiger partial charge in [0.2, 0.25) is 0 Å². The highest BCUT2D eigenvalue weighted by Gasteiger charge is 2.26. The maximum absolute atomic E-state index is 6.37. The van der Waals surface area contributed by atoms with Gasteiger partial charge in [0.15, 0.2) is 0 Å². The van der Waals surface area contributed by atoms with Gasteiger partial charge in [-0.3, -0.25) is 0 Å². The summed E-state index contributed by atoms with van der Waals surface area (Å²) in [5.74, 6) is 1.76. The van der Waals surface area contributed by atoms with Crippen LogP contribution in [-0.2, 0) is 6.42 Å². The second-order valence-electron chi connectivity index (χ2n) is 8.15. The van der Waals surface area contributed by atoms with Crippen molar-refractivity contribution in [3.05, 3.63) is 108 Å². The molecular weight excluding hydrogens is 380 g/mol. The Morgan fingerprint density at radius 3 is 1.90 bits per heavy atom. The fourth-order valence-electron chi connectivity index (χ4n) is 4.92. The van der Waals surface area contributed by atoms with Gasteiger partial charge in [-0.1, -0.05) is 66.7 Å². The Hall–Kier alpha value is -4.04. The Bertz CT molecular complexity index is 1550. The molecule has 0 bridgehead atoms. The number of fused-ring (bicyclic) bond motifs is 5. The van der Waals surface area contributed by atoms with Crippen LogP contribution in [0.15, 0.2) is 106 Å². The van der Waals surface area contributed by atoms with Gasteiger partial charge in [-0.15, -0.1) is 0 Å². The Morgan fingerprint density at radius 1 is 0.516 bits per heavy atom. The third-order valence-electron chi connectivity index (χ3n) is 6.35. The molecule has 0 unspecified atom stereocenters. The Balaban J connectivity index is 1.54. The average molecular weight is 398 g/mol. The average Bonchev–Trinajstić information content (AvgIpc) is 3.52. The molecule has 0 saturated heterocycles. The first-order chi connectivity index (χ1) is 15.3. The van der Waals surface area contributed by atoms with Crippen molar-refractivity contribution in [1.29, 1.82) is 0 Å². The second kappa shape index (κ2) is 6.23. The van der Waals surface area contributed by atoms with E-state index in [1.807, 2.05) is 36.4 Å². The van der Waals surface area contributed by atoms with Crippen molar-refractivity contribution in [2.24, 2.45) is 0 Å². The molecule has 1 aliphatic rings. The largest absolute Gasteiger partial charge is 0.456 e. The number of hydrogen-bond donors (Lipinski definition) is 0. The zero-order valence-corrected chi connectivity index (χ0v) is 16.8. The molecule has 31 heavy (non-hydrogen) atoms. The van der Waals surface area contributed by atoms with E-state index in [0.29, 0.717) is 0 Å². The van der Waals surface area contributed by atoms with E-state index >= 15 is 0 Å². The van der Waals surface area contributed by atoms with Crippen molar-refractivity contribution < 1.29 is 8.83 Å². The Kier molecular flexibility index (Phi) is 3.36. The minimum Gasteiger partial charge on any atom is -0.456 e. The van der Waals surface area contributed by atoms with Crippen LogP contribution in [0.4, 0.5) is 0 Å². The molecule has 6 aromatic rings. The predicted octanol–water partition coefficient (Wildman–Crippen LogP) is 8.08. The molecule has 0 aliphatic heterocycles. The lowest BCUT2D eigenvalue weighted by molar-refractivity contribution is 0.623. The molecule has 0 atom stereocenters. The zero-order chi connectivity index (χ0) is 20.4. The summed E-state index contributed by atoms with van der Waals surface area (Å²) in [4.78, 5) is 0. The van der Waals surface area contributed by atoms with Gasteiger partial charge < -0.3 is 8.83 Å². The van der Waals surface area contributed by atoms with Gasteiger partial charge in [0.25, 0.3) is 0 Å². The molecule has 0 spiro atoms. The minimum absolute atomic E-state index is 0.871. The van der Waals surface area contributed by atoms with Gasteiger partial charge in [0.05, 0.1) is 0 Å². The predicted molar refractivity (Wildman–Crippen MR) is 125 cm³/mol. The third kappa shape index (κ3) is 2.45. The van der Waals surface area contributed by atoms with Gasteiger partial charge >= 0.3 is 0 Å². The highest BCUT2D eigenvalue weighted by Crippen LogP contribution is 2.47. The van der Waals surface area contributed by atoms with Crippen LogP contribution < -0.4 is 0 Å². The second-order valence-corrected chi connectivity index (χ2v) is 8.15. The molecule has 0 saturated carbocycles. The van der Waals surface area contributed by atoms with Crippen LogP contribution in [0.1, 0.15) is 11.1 Å². The monoisotopic (exact) mass is 398 g/mol. The van der Waals surface area contributed by atoms with E-state index in [1.54, 1.807) is 0 Å². The fourth-order valence-corrected chi connectivity index (χ4v) is 4.92. The Morgan fingerprint density at radius 2 is 1.13 bits per heavy atom. The van der Waals surface area contributed by atoms with Crippen LogP contribution in [0.3, 0.4) is 0 Å². The molecule has 7 rings (SSSR count). The van der Waals surface area contributed by atoms with E-state index < -0.39 is 0 Å². The maximum atomic E-state index is 6.37. The van der Waals surface area contributed by atoms with Crippen LogP contribution in [0.2, 0.25) is 0 Å². The van der Waals surface area contributed by atoms with Gasteiger partial charge in [-0.25, -0.2) is 0 Å². The summed E-state index contributed by atoms with van der Waals surface area (Å²) >= 11 is 0. The molecule has 2 nitrogen and oxygen atoms in total. The van der Waals surface area contributed by atoms with E-state index in [-0.39, 0.29) is 0 Å². The number of furan rings is 2. The van der Waals surface area contributed by atoms with Crippen LogP contribution >= 0.6 is 0 Å². The van der Waals surface area contributed by atoms with E-state index in [9.17, 15) is 0 Å². The van der Waals surface area contributed by atoms with Gasteiger partial charge in [0.1, 0.15) is 22.7 Å². The first-order valence-electron chi connectivity index (χ1n) is 10.6. The quantitative estimate of drug-likeness (QED) is 0.294. The van der Waals surface area contributed by atoms with Crippen LogP contribution in [0.5, 0.6) is 0 Å². The highest BCUT2D eigenvalue weighted by atomic mass is 16.3. The standard InChI is InChI=1S/C29H18O2/c1-4-10-21-18(7-1)15-24-22(21)13-14-23(27-16-19-8-2-5-11-25(19)30-27)29(24)28-17-20-9-3-6-12-26(20)31-28/h1-14,16-17H,15H2. The normalized spacial score (nSPS) is 12.4. The SMILES string of the molecule is c1ccc2c(c1)Cc1c-2ccc(-c2cc3ccccc3o2)c1-c1cc2ccccc2o1. The molecule has 2 heterocycles. The van der Waals surface area contributed by atoms with Crippen LogP contribution in [0.25, 0.3) is 55.7 Å². The van der Waals surface area contributed by atoms with E-state index in [2.05, 4.69) is 60.7 Å². The first kappa shape index (κ1) is 16.7. The minimum atomic E-state index is 0.871. The molecular formula is C29H18O2. The van der Waals surface area contributed by atoms with Gasteiger partial charge in [0, 0.05) is 21.9 Å². The molecule has 146 valence electrons. The molecule has 2 aromatic heterocycles. The van der Waals surface area contributed by atoms with E-state index in [4.69, 9.17) is 8.83 Å². The maximum Gasteiger partial charge on any atom is 0.136 e. The summed E-state index contributed by atoms with van der Waals surface area (Å²) in [7, 11) is 0. The van der Waals surface area contributed by atoms with Gasteiger partial charge in [-0.05, 0) is 59.0 Å². The Labute approximate surface area is 179 Å². The van der Waals surface area contributed by atoms with Crippen molar-refractivity contribution in [3.8, 4) is 33.8 Å². The van der Waals surface area contributed by atoms with Crippen molar-refractivity contribution >= 4 is 21.9 Å². The molecule has 4 aromatic carbocycles. The van der Waals surface area contributed by atoms with Gasteiger partial charge in [-0.2, -0.15) is 0 Å². The summed E-state index contributed by atoms with van der Waals surface area (Å²) in [5.41, 5.74) is 9.26.